The standard InChI is InChI=1S/C24H28F3N3O2/c1-15-12-18(13-29-21(15)8-10-24(25,26)27)16(2)30-14-20(19(23(30)32)9-11-28-3)22(31)17-6-4-5-7-17/h9,11-13,16-17H,3-8,10,14H2,1-2H3/b11-9-. The molecule has 1 amide bonds. The molecule has 8 heteroatoms. The molecule has 1 aromatic rings. The third-order valence-electron chi connectivity index (χ3n) is 6.32. The molecule has 0 saturated heterocycles. The number of carbonyl (C=O) groups excluding carboxylic acids is 2. The molecule has 1 saturated carbocycles. The fourth-order valence-corrected chi connectivity index (χ4v) is 4.42. The summed E-state index contributed by atoms with van der Waals surface area (Å²) in [6, 6.07) is 1.38. The summed E-state index contributed by atoms with van der Waals surface area (Å²) in [5, 5.41) is 0. The van der Waals surface area contributed by atoms with Crippen molar-refractivity contribution in [1.29, 1.82) is 0 Å². The van der Waals surface area contributed by atoms with Crippen LogP contribution in [0.1, 0.15) is 61.9 Å². The summed E-state index contributed by atoms with van der Waals surface area (Å²) in [6.07, 6.45) is 2.83. The summed E-state index contributed by atoms with van der Waals surface area (Å²) >= 11 is 0. The lowest BCUT2D eigenvalue weighted by Crippen LogP contribution is -2.31. The summed E-state index contributed by atoms with van der Waals surface area (Å²) in [7, 11) is 0. The van der Waals surface area contributed by atoms with Gasteiger partial charge in [0.2, 0.25) is 0 Å². The van der Waals surface area contributed by atoms with E-state index >= 15 is 0 Å². The zero-order valence-electron chi connectivity index (χ0n) is 18.4. The first-order valence-electron chi connectivity index (χ1n) is 10.8. The molecule has 5 nitrogen and oxygen atoms in total. The van der Waals surface area contributed by atoms with Crippen LogP contribution in [0.2, 0.25) is 0 Å². The van der Waals surface area contributed by atoms with Crippen LogP contribution in [0.4, 0.5) is 13.2 Å². The predicted molar refractivity (Wildman–Crippen MR) is 116 cm³/mol. The summed E-state index contributed by atoms with van der Waals surface area (Å²) in [5.41, 5.74) is 2.59. The summed E-state index contributed by atoms with van der Waals surface area (Å²) in [6.45, 7) is 7.14. The van der Waals surface area contributed by atoms with Crippen molar-refractivity contribution >= 4 is 18.4 Å². The van der Waals surface area contributed by atoms with E-state index in [2.05, 4.69) is 16.7 Å². The minimum Gasteiger partial charge on any atom is -0.327 e. The third-order valence-corrected chi connectivity index (χ3v) is 6.32. The lowest BCUT2D eigenvalue weighted by molar-refractivity contribution is -0.134. The van der Waals surface area contributed by atoms with Crippen molar-refractivity contribution < 1.29 is 22.8 Å². The van der Waals surface area contributed by atoms with E-state index in [0.717, 1.165) is 25.7 Å². The molecule has 2 heterocycles. The smallest absolute Gasteiger partial charge is 0.327 e. The van der Waals surface area contributed by atoms with Crippen LogP contribution in [0.15, 0.2) is 40.7 Å². The minimum atomic E-state index is -4.24. The number of carbonyl (C=O) groups is 2. The molecule has 1 aliphatic heterocycles. The van der Waals surface area contributed by atoms with Crippen LogP contribution in [0.25, 0.3) is 0 Å². The molecule has 0 radical (unpaired) electrons. The van der Waals surface area contributed by atoms with Gasteiger partial charge >= 0.3 is 6.18 Å². The number of hydrogen-bond acceptors (Lipinski definition) is 4. The van der Waals surface area contributed by atoms with Crippen molar-refractivity contribution in [2.75, 3.05) is 6.54 Å². The molecule has 1 aromatic heterocycles. The second-order valence-corrected chi connectivity index (χ2v) is 8.49. The molecule has 3 rings (SSSR count). The largest absolute Gasteiger partial charge is 0.389 e. The van der Waals surface area contributed by atoms with Gasteiger partial charge in [0.05, 0.1) is 12.6 Å². The number of ketones is 1. The van der Waals surface area contributed by atoms with Crippen molar-refractivity contribution in [3.8, 4) is 0 Å². The van der Waals surface area contributed by atoms with E-state index in [1.54, 1.807) is 17.9 Å². The van der Waals surface area contributed by atoms with Crippen LogP contribution in [0.3, 0.4) is 0 Å². The van der Waals surface area contributed by atoms with Gasteiger partial charge in [0.25, 0.3) is 5.91 Å². The SMILES string of the molecule is C=N/C=C\C1=C(C(=O)C2CCCC2)CN(C(C)c2cnc(CCC(F)(F)F)c(C)c2)C1=O. The zero-order chi connectivity index (χ0) is 23.5. The first kappa shape index (κ1) is 23.9. The topological polar surface area (TPSA) is 62.6 Å². The molecule has 1 unspecified atom stereocenters. The third kappa shape index (κ3) is 5.34. The number of nitrogens with zero attached hydrogens (tertiary/aromatic N) is 3. The lowest BCUT2D eigenvalue weighted by Gasteiger charge is -2.26. The summed E-state index contributed by atoms with van der Waals surface area (Å²) < 4.78 is 37.6. The minimum absolute atomic E-state index is 0.0195. The molecule has 0 spiro atoms. The van der Waals surface area contributed by atoms with Crippen LogP contribution in [0.5, 0.6) is 0 Å². The molecular formula is C24H28F3N3O2. The number of Topliss-reactive ketones (excluding diaryl/α,β-unsaturated/α-hetero) is 1. The van der Waals surface area contributed by atoms with Crippen LogP contribution < -0.4 is 0 Å². The van der Waals surface area contributed by atoms with E-state index in [9.17, 15) is 22.8 Å². The van der Waals surface area contributed by atoms with Crippen molar-refractivity contribution in [3.05, 3.63) is 52.5 Å². The number of aliphatic imine (C=N–C) groups is 1. The number of halogens is 3. The predicted octanol–water partition coefficient (Wildman–Crippen LogP) is 5.06. The van der Waals surface area contributed by atoms with Gasteiger partial charge < -0.3 is 4.90 Å². The number of hydrogen-bond donors (Lipinski definition) is 0. The van der Waals surface area contributed by atoms with Gasteiger partial charge in [0, 0.05) is 41.6 Å². The molecule has 0 N–H and O–H groups in total. The summed E-state index contributed by atoms with van der Waals surface area (Å²) in [4.78, 5) is 35.8. The molecule has 2 aliphatic rings. The number of aryl methyl sites for hydroxylation is 2. The first-order chi connectivity index (χ1) is 15.1. The van der Waals surface area contributed by atoms with Gasteiger partial charge in [-0.3, -0.25) is 19.6 Å². The number of alkyl halides is 3. The van der Waals surface area contributed by atoms with Gasteiger partial charge in [0.1, 0.15) is 0 Å². The Kier molecular flexibility index (Phi) is 7.31. The van der Waals surface area contributed by atoms with Gasteiger partial charge in [-0.1, -0.05) is 18.9 Å². The number of rotatable bonds is 8. The first-order valence-corrected chi connectivity index (χ1v) is 10.8. The fraction of sp³-hybridized carbons (Fsp3) is 0.500. The molecule has 0 aromatic carbocycles. The molecule has 1 atom stereocenters. The molecule has 0 bridgehead atoms. The number of amides is 1. The van der Waals surface area contributed by atoms with Crippen molar-refractivity contribution in [1.82, 2.24) is 9.88 Å². The van der Waals surface area contributed by atoms with E-state index < -0.39 is 12.6 Å². The average molecular weight is 448 g/mol. The highest BCUT2D eigenvalue weighted by atomic mass is 19.4. The normalized spacial score (nSPS) is 18.8. The van der Waals surface area contributed by atoms with Crippen LogP contribution >= 0.6 is 0 Å². The number of pyridine rings is 1. The Bertz CT molecular complexity index is 960. The van der Waals surface area contributed by atoms with E-state index in [1.165, 1.54) is 18.5 Å². The number of aromatic nitrogens is 1. The average Bonchev–Trinajstić information content (AvgIpc) is 3.38. The van der Waals surface area contributed by atoms with Crippen molar-refractivity contribution in [3.63, 3.8) is 0 Å². The van der Waals surface area contributed by atoms with E-state index in [1.807, 2.05) is 6.92 Å². The Morgan fingerprint density at radius 1 is 1.38 bits per heavy atom. The van der Waals surface area contributed by atoms with Crippen molar-refractivity contribution in [2.45, 2.75) is 64.6 Å². The molecule has 1 fully saturated rings. The highest BCUT2D eigenvalue weighted by Gasteiger charge is 2.38. The molecule has 1 aliphatic carbocycles. The maximum atomic E-state index is 13.2. The van der Waals surface area contributed by atoms with Gasteiger partial charge in [-0.05, 0) is 57.0 Å². The van der Waals surface area contributed by atoms with Crippen LogP contribution in [-0.4, -0.2) is 41.0 Å². The Hall–Kier alpha value is -2.77. The molecule has 172 valence electrons. The van der Waals surface area contributed by atoms with Gasteiger partial charge in [0.15, 0.2) is 5.78 Å². The Labute approximate surface area is 186 Å². The van der Waals surface area contributed by atoms with Gasteiger partial charge in [-0.2, -0.15) is 13.2 Å². The van der Waals surface area contributed by atoms with Crippen molar-refractivity contribution in [2.24, 2.45) is 10.9 Å². The zero-order valence-corrected chi connectivity index (χ0v) is 18.4. The molecule has 32 heavy (non-hydrogen) atoms. The van der Waals surface area contributed by atoms with Crippen LogP contribution in [-0.2, 0) is 16.0 Å². The van der Waals surface area contributed by atoms with E-state index in [4.69, 9.17) is 0 Å². The maximum absolute atomic E-state index is 13.2. The van der Waals surface area contributed by atoms with Gasteiger partial charge in [-0.15, -0.1) is 0 Å². The highest BCUT2D eigenvalue weighted by Crippen LogP contribution is 2.35. The van der Waals surface area contributed by atoms with Gasteiger partial charge in [-0.25, -0.2) is 0 Å². The molecular weight excluding hydrogens is 419 g/mol. The second kappa shape index (κ2) is 9.79. The highest BCUT2D eigenvalue weighted by molar-refractivity contribution is 6.11. The monoisotopic (exact) mass is 447 g/mol. The Balaban J connectivity index is 1.81. The quantitative estimate of drug-likeness (QED) is 0.524. The maximum Gasteiger partial charge on any atom is 0.389 e. The van der Waals surface area contributed by atoms with E-state index in [0.29, 0.717) is 28.0 Å². The second-order valence-electron chi connectivity index (χ2n) is 8.49. The van der Waals surface area contributed by atoms with Crippen LogP contribution in [0, 0.1) is 12.8 Å². The Morgan fingerprint density at radius 2 is 2.06 bits per heavy atom. The van der Waals surface area contributed by atoms with E-state index in [-0.39, 0.29) is 36.6 Å². The fourth-order valence-electron chi connectivity index (χ4n) is 4.42. The lowest BCUT2D eigenvalue weighted by atomic mass is 9.94. The summed E-state index contributed by atoms with van der Waals surface area (Å²) in [5.74, 6) is -0.298. The Morgan fingerprint density at radius 3 is 2.66 bits per heavy atom.